The molecule has 6 nitrogen and oxygen atoms in total. The Morgan fingerprint density at radius 2 is 2.11 bits per heavy atom. The number of benzene rings is 1. The van der Waals surface area contributed by atoms with E-state index in [0.717, 1.165) is 18.1 Å². The van der Waals surface area contributed by atoms with Crippen molar-refractivity contribution in [2.75, 3.05) is 16.8 Å². The summed E-state index contributed by atoms with van der Waals surface area (Å²) < 4.78 is 39.7. The van der Waals surface area contributed by atoms with E-state index in [2.05, 4.69) is 15.3 Å². The number of carbonyl (C=O) groups is 1. The van der Waals surface area contributed by atoms with Crippen LogP contribution < -0.4 is 10.2 Å². The number of hydrogen-bond donors (Lipinski definition) is 2. The fourth-order valence-corrected chi connectivity index (χ4v) is 2.79. The largest absolute Gasteiger partial charge is 0.481 e. The summed E-state index contributed by atoms with van der Waals surface area (Å²) in [6.45, 7) is 2.53. The molecule has 1 atom stereocenters. The number of aryl methyl sites for hydroxylation is 1. The molecule has 1 aromatic heterocycles. The lowest BCUT2D eigenvalue weighted by molar-refractivity contribution is -0.141. The molecule has 0 saturated carbocycles. The third-order valence-electron chi connectivity index (χ3n) is 4.41. The summed E-state index contributed by atoms with van der Waals surface area (Å²) in [4.78, 5) is 20.3. The second kappa shape index (κ2) is 7.42. The van der Waals surface area contributed by atoms with Gasteiger partial charge in [0, 0.05) is 30.8 Å². The van der Waals surface area contributed by atoms with Gasteiger partial charge in [0.05, 0.1) is 0 Å². The molecule has 0 amide bonds. The summed E-state index contributed by atoms with van der Waals surface area (Å²) in [7, 11) is 0. The van der Waals surface area contributed by atoms with Gasteiger partial charge in [0.1, 0.15) is 5.82 Å². The van der Waals surface area contributed by atoms with Gasteiger partial charge in [0.2, 0.25) is 5.95 Å². The zero-order chi connectivity index (χ0) is 19.6. The summed E-state index contributed by atoms with van der Waals surface area (Å²) >= 11 is 0. The molecule has 2 aromatic rings. The van der Waals surface area contributed by atoms with Crippen LogP contribution in [0.15, 0.2) is 30.3 Å². The Balaban J connectivity index is 1.86. The van der Waals surface area contributed by atoms with Gasteiger partial charge in [0.25, 0.3) is 0 Å². The van der Waals surface area contributed by atoms with Gasteiger partial charge in [-0.25, -0.2) is 4.98 Å². The SMILES string of the molecule is C[C@H]1CCN1c1nc(Nc2cccc(CCC(=O)O)c2)cc(C(F)(F)F)n1. The van der Waals surface area contributed by atoms with Gasteiger partial charge in [-0.05, 0) is 37.5 Å². The molecule has 1 fully saturated rings. The number of rotatable bonds is 6. The van der Waals surface area contributed by atoms with Crippen LogP contribution in [-0.4, -0.2) is 33.6 Å². The topological polar surface area (TPSA) is 78.4 Å². The van der Waals surface area contributed by atoms with E-state index in [0.29, 0.717) is 18.7 Å². The van der Waals surface area contributed by atoms with E-state index in [9.17, 15) is 18.0 Å². The van der Waals surface area contributed by atoms with E-state index in [1.54, 1.807) is 29.2 Å². The van der Waals surface area contributed by atoms with Gasteiger partial charge < -0.3 is 15.3 Å². The molecule has 0 spiro atoms. The van der Waals surface area contributed by atoms with Crippen LogP contribution in [0.2, 0.25) is 0 Å². The van der Waals surface area contributed by atoms with Crippen LogP contribution in [0.25, 0.3) is 0 Å². The van der Waals surface area contributed by atoms with Crippen LogP contribution in [-0.2, 0) is 17.4 Å². The van der Waals surface area contributed by atoms with Gasteiger partial charge in [-0.2, -0.15) is 18.2 Å². The highest BCUT2D eigenvalue weighted by Gasteiger charge is 2.35. The number of anilines is 3. The van der Waals surface area contributed by atoms with Crippen LogP contribution >= 0.6 is 0 Å². The zero-order valence-corrected chi connectivity index (χ0v) is 14.6. The molecule has 1 saturated heterocycles. The molecule has 144 valence electrons. The first-order chi connectivity index (χ1) is 12.7. The van der Waals surface area contributed by atoms with Crippen molar-refractivity contribution in [3.8, 4) is 0 Å². The third-order valence-corrected chi connectivity index (χ3v) is 4.41. The van der Waals surface area contributed by atoms with Crippen molar-refractivity contribution in [2.24, 2.45) is 0 Å². The van der Waals surface area contributed by atoms with Gasteiger partial charge in [-0.1, -0.05) is 12.1 Å². The van der Waals surface area contributed by atoms with Crippen molar-refractivity contribution in [2.45, 2.75) is 38.4 Å². The number of nitrogens with one attached hydrogen (secondary N) is 1. The Morgan fingerprint density at radius 1 is 1.33 bits per heavy atom. The minimum atomic E-state index is -4.58. The molecule has 9 heteroatoms. The van der Waals surface area contributed by atoms with Crippen LogP contribution in [0.5, 0.6) is 0 Å². The molecule has 0 unspecified atom stereocenters. The molecule has 1 aliphatic rings. The number of alkyl halides is 3. The smallest absolute Gasteiger partial charge is 0.433 e. The number of hydrogen-bond acceptors (Lipinski definition) is 5. The number of halogens is 3. The highest BCUT2D eigenvalue weighted by molar-refractivity contribution is 5.67. The van der Waals surface area contributed by atoms with Crippen LogP contribution in [0.4, 0.5) is 30.6 Å². The average Bonchev–Trinajstić information content (AvgIpc) is 2.58. The molecule has 2 heterocycles. The fourth-order valence-electron chi connectivity index (χ4n) is 2.79. The van der Waals surface area contributed by atoms with Gasteiger partial charge in [-0.15, -0.1) is 0 Å². The number of nitrogens with zero attached hydrogens (tertiary/aromatic N) is 3. The lowest BCUT2D eigenvalue weighted by atomic mass is 10.1. The number of aliphatic carboxylic acids is 1. The number of carboxylic acids is 1. The maximum atomic E-state index is 13.2. The first kappa shape index (κ1) is 18.9. The van der Waals surface area contributed by atoms with Crippen molar-refractivity contribution >= 4 is 23.4 Å². The molecule has 2 N–H and O–H groups in total. The quantitative estimate of drug-likeness (QED) is 0.793. The van der Waals surface area contributed by atoms with Crippen molar-refractivity contribution in [3.63, 3.8) is 0 Å². The second-order valence-corrected chi connectivity index (χ2v) is 6.49. The number of carboxylic acid groups (broad SMARTS) is 1. The maximum absolute atomic E-state index is 13.2. The van der Waals surface area contributed by atoms with Gasteiger partial charge in [0.15, 0.2) is 5.69 Å². The summed E-state index contributed by atoms with van der Waals surface area (Å²) in [6, 6.07) is 7.83. The fraction of sp³-hybridized carbons (Fsp3) is 0.389. The first-order valence-corrected chi connectivity index (χ1v) is 8.53. The van der Waals surface area contributed by atoms with E-state index in [-0.39, 0.29) is 24.2 Å². The van der Waals surface area contributed by atoms with E-state index in [1.165, 1.54) is 0 Å². The Morgan fingerprint density at radius 3 is 2.70 bits per heavy atom. The van der Waals surface area contributed by atoms with E-state index >= 15 is 0 Å². The Hall–Kier alpha value is -2.84. The molecular weight excluding hydrogens is 361 g/mol. The summed E-state index contributed by atoms with van der Waals surface area (Å²) in [5, 5.41) is 11.7. The predicted octanol–water partition coefficient (Wildman–Crippen LogP) is 3.85. The Labute approximate surface area is 154 Å². The Bertz CT molecular complexity index is 842. The molecule has 0 bridgehead atoms. The zero-order valence-electron chi connectivity index (χ0n) is 14.6. The van der Waals surface area contributed by atoms with E-state index in [1.807, 2.05) is 6.92 Å². The average molecular weight is 380 g/mol. The van der Waals surface area contributed by atoms with Crippen LogP contribution in [0.1, 0.15) is 31.0 Å². The predicted molar refractivity (Wildman–Crippen MR) is 94.1 cm³/mol. The van der Waals surface area contributed by atoms with Crippen molar-refractivity contribution < 1.29 is 23.1 Å². The first-order valence-electron chi connectivity index (χ1n) is 8.53. The lowest BCUT2D eigenvalue weighted by Gasteiger charge is -2.38. The minimum absolute atomic E-state index is 0.0216. The van der Waals surface area contributed by atoms with E-state index in [4.69, 9.17) is 5.11 Å². The molecule has 1 aromatic carbocycles. The Kier molecular flexibility index (Phi) is 5.20. The van der Waals surface area contributed by atoms with Crippen molar-refractivity contribution in [1.29, 1.82) is 0 Å². The van der Waals surface area contributed by atoms with Crippen molar-refractivity contribution in [1.82, 2.24) is 9.97 Å². The lowest BCUT2D eigenvalue weighted by Crippen LogP contribution is -2.46. The molecular formula is C18H19F3N4O2. The highest BCUT2D eigenvalue weighted by Crippen LogP contribution is 2.33. The normalized spacial score (nSPS) is 16.7. The number of aromatic nitrogens is 2. The summed E-state index contributed by atoms with van der Waals surface area (Å²) in [5.74, 6) is -0.817. The molecule has 0 aliphatic carbocycles. The second-order valence-electron chi connectivity index (χ2n) is 6.49. The summed E-state index contributed by atoms with van der Waals surface area (Å²) in [6.07, 6.45) is -3.38. The molecule has 3 rings (SSSR count). The molecule has 27 heavy (non-hydrogen) atoms. The standard InChI is InChI=1S/C18H19F3N4O2/c1-11-7-8-25(11)17-23-14(18(19,20)21)10-15(24-17)22-13-4-2-3-12(9-13)5-6-16(26)27/h2-4,9-11H,5-8H2,1H3,(H,26,27)(H,22,23,24)/t11-/m0/s1. The van der Waals surface area contributed by atoms with E-state index < -0.39 is 17.8 Å². The van der Waals surface area contributed by atoms with Crippen LogP contribution in [0, 0.1) is 0 Å². The maximum Gasteiger partial charge on any atom is 0.433 e. The summed E-state index contributed by atoms with van der Waals surface area (Å²) in [5.41, 5.74) is 0.299. The van der Waals surface area contributed by atoms with Crippen LogP contribution in [0.3, 0.4) is 0 Å². The monoisotopic (exact) mass is 380 g/mol. The van der Waals surface area contributed by atoms with Gasteiger partial charge in [-0.3, -0.25) is 4.79 Å². The highest BCUT2D eigenvalue weighted by atomic mass is 19.4. The van der Waals surface area contributed by atoms with Crippen molar-refractivity contribution in [3.05, 3.63) is 41.6 Å². The molecule has 0 radical (unpaired) electrons. The van der Waals surface area contributed by atoms with Gasteiger partial charge >= 0.3 is 12.1 Å². The minimum Gasteiger partial charge on any atom is -0.481 e. The molecule has 1 aliphatic heterocycles. The third kappa shape index (κ3) is 4.66.